The van der Waals surface area contributed by atoms with Crippen LogP contribution in [0.15, 0.2) is 48.6 Å². The molecule has 1 N–H and O–H groups in total. The summed E-state index contributed by atoms with van der Waals surface area (Å²) in [6, 6.07) is 7.68. The molecule has 0 radical (unpaired) electrons. The highest BCUT2D eigenvalue weighted by atomic mass is 16.5. The third-order valence-corrected chi connectivity index (χ3v) is 9.45. The Kier molecular flexibility index (Phi) is 14.1. The van der Waals surface area contributed by atoms with Gasteiger partial charge in [-0.05, 0) is 93.7 Å². The highest BCUT2D eigenvalue weighted by molar-refractivity contribution is 5.88. The quantitative estimate of drug-likeness (QED) is 0.121. The summed E-state index contributed by atoms with van der Waals surface area (Å²) in [6.45, 7) is 13.3. The van der Waals surface area contributed by atoms with Crippen LogP contribution in [0.3, 0.4) is 0 Å². The summed E-state index contributed by atoms with van der Waals surface area (Å²) in [5, 5.41) is 9.60. The number of carbonyl (C=O) groups excluding carboxylic acids is 2. The van der Waals surface area contributed by atoms with Crippen molar-refractivity contribution in [3.63, 3.8) is 0 Å². The molecule has 2 aliphatic carbocycles. The van der Waals surface area contributed by atoms with Gasteiger partial charge >= 0.3 is 11.9 Å². The third-order valence-electron chi connectivity index (χ3n) is 9.45. The minimum atomic E-state index is -0.996. The summed E-state index contributed by atoms with van der Waals surface area (Å²) >= 11 is 0. The van der Waals surface area contributed by atoms with Crippen LogP contribution in [0.5, 0.6) is 5.75 Å². The molecule has 234 valence electrons. The summed E-state index contributed by atoms with van der Waals surface area (Å²) in [4.78, 5) is 24.2. The number of rotatable bonds is 16. The highest BCUT2D eigenvalue weighted by Crippen LogP contribution is 2.42. The second-order valence-corrected chi connectivity index (χ2v) is 12.8. The first-order chi connectivity index (χ1) is 20.2. The molecule has 6 heteroatoms. The van der Waals surface area contributed by atoms with Crippen molar-refractivity contribution in [1.82, 2.24) is 0 Å². The molecule has 6 nitrogen and oxygen atoms in total. The molecule has 3 rings (SSSR count). The molecule has 2 saturated carbocycles. The van der Waals surface area contributed by atoms with Crippen molar-refractivity contribution in [1.29, 1.82) is 0 Å². The summed E-state index contributed by atoms with van der Waals surface area (Å²) in [7, 11) is 0. The van der Waals surface area contributed by atoms with Crippen LogP contribution in [-0.2, 0) is 19.1 Å². The standard InChI is InChI=1S/C36H54O6/c1-6-7-8-9-28-10-14-30(15-11-28)31-16-12-29(13-17-31)22-40-34-20-18-32(19-21-34)33(23-41-35(38)25(2)3)24-42-36(39)26(4)27(5)37/h18-21,27-31,33,37H,2,4,6-17,22-24H2,1,3,5H3. The first kappa shape index (κ1) is 33.9. The number of aliphatic hydroxyl groups is 1. The first-order valence-electron chi connectivity index (χ1n) is 16.3. The predicted molar refractivity (Wildman–Crippen MR) is 167 cm³/mol. The lowest BCUT2D eigenvalue weighted by Crippen LogP contribution is -2.27. The number of hydrogen-bond donors (Lipinski definition) is 1. The van der Waals surface area contributed by atoms with Crippen LogP contribution in [0.1, 0.15) is 109 Å². The van der Waals surface area contributed by atoms with Crippen molar-refractivity contribution in [3.05, 3.63) is 54.1 Å². The minimum absolute atomic E-state index is 0.0159. The van der Waals surface area contributed by atoms with Gasteiger partial charge in [-0.15, -0.1) is 0 Å². The Morgan fingerprint density at radius 3 is 1.93 bits per heavy atom. The van der Waals surface area contributed by atoms with E-state index >= 15 is 0 Å². The van der Waals surface area contributed by atoms with Crippen molar-refractivity contribution in [3.8, 4) is 5.75 Å². The molecule has 0 spiro atoms. The Hall–Kier alpha value is -2.60. The minimum Gasteiger partial charge on any atom is -0.493 e. The lowest BCUT2D eigenvalue weighted by atomic mass is 9.69. The van der Waals surface area contributed by atoms with Gasteiger partial charge in [0, 0.05) is 5.57 Å². The van der Waals surface area contributed by atoms with Crippen molar-refractivity contribution in [2.24, 2.45) is 23.7 Å². The van der Waals surface area contributed by atoms with E-state index in [0.717, 1.165) is 35.7 Å². The monoisotopic (exact) mass is 582 g/mol. The fourth-order valence-corrected chi connectivity index (χ4v) is 6.49. The van der Waals surface area contributed by atoms with E-state index in [4.69, 9.17) is 14.2 Å². The van der Waals surface area contributed by atoms with Crippen LogP contribution in [0.2, 0.25) is 0 Å². The van der Waals surface area contributed by atoms with Gasteiger partial charge in [0.25, 0.3) is 0 Å². The van der Waals surface area contributed by atoms with Crippen LogP contribution >= 0.6 is 0 Å². The van der Waals surface area contributed by atoms with Gasteiger partial charge in [0.15, 0.2) is 0 Å². The number of carbonyl (C=O) groups is 2. The van der Waals surface area contributed by atoms with E-state index < -0.39 is 18.0 Å². The molecule has 2 atom stereocenters. The lowest BCUT2D eigenvalue weighted by molar-refractivity contribution is -0.143. The molecule has 0 amide bonds. The summed E-state index contributed by atoms with van der Waals surface area (Å²) < 4.78 is 16.9. The molecule has 0 aromatic heterocycles. The van der Waals surface area contributed by atoms with Gasteiger partial charge in [-0.2, -0.15) is 0 Å². The fourth-order valence-electron chi connectivity index (χ4n) is 6.49. The Morgan fingerprint density at radius 1 is 0.857 bits per heavy atom. The molecule has 1 aromatic carbocycles. The molecule has 1 aromatic rings. The Balaban J connectivity index is 1.44. The smallest absolute Gasteiger partial charge is 0.336 e. The molecule has 0 heterocycles. The summed E-state index contributed by atoms with van der Waals surface area (Å²) in [5.41, 5.74) is 1.14. The average molecular weight is 583 g/mol. The van der Waals surface area contributed by atoms with Gasteiger partial charge in [-0.3, -0.25) is 0 Å². The zero-order valence-corrected chi connectivity index (χ0v) is 26.3. The van der Waals surface area contributed by atoms with Gasteiger partial charge in [0.1, 0.15) is 19.0 Å². The van der Waals surface area contributed by atoms with E-state index in [1.54, 1.807) is 6.92 Å². The third kappa shape index (κ3) is 10.9. The van der Waals surface area contributed by atoms with E-state index in [-0.39, 0.29) is 24.7 Å². The van der Waals surface area contributed by atoms with Crippen molar-refractivity contribution >= 4 is 11.9 Å². The maximum Gasteiger partial charge on any atom is 0.336 e. The van der Waals surface area contributed by atoms with Gasteiger partial charge < -0.3 is 19.3 Å². The Labute approximate surface area is 253 Å². The highest BCUT2D eigenvalue weighted by Gasteiger charge is 2.31. The second kappa shape index (κ2) is 17.5. The van der Waals surface area contributed by atoms with E-state index in [1.165, 1.54) is 84.0 Å². The largest absolute Gasteiger partial charge is 0.493 e. The van der Waals surface area contributed by atoms with E-state index in [1.807, 2.05) is 24.3 Å². The number of aliphatic hydroxyl groups excluding tert-OH is 1. The predicted octanol–water partition coefficient (Wildman–Crippen LogP) is 7.94. The Morgan fingerprint density at radius 2 is 1.40 bits per heavy atom. The molecule has 2 fully saturated rings. The zero-order chi connectivity index (χ0) is 30.5. The van der Waals surface area contributed by atoms with Crippen molar-refractivity contribution in [2.45, 2.75) is 110 Å². The first-order valence-corrected chi connectivity index (χ1v) is 16.3. The van der Waals surface area contributed by atoms with Crippen LogP contribution in [-0.4, -0.2) is 43.0 Å². The molecular formula is C36H54O6. The number of esters is 2. The number of unbranched alkanes of at least 4 members (excludes halogenated alkanes) is 2. The molecule has 2 unspecified atom stereocenters. The molecule has 2 aliphatic rings. The van der Waals surface area contributed by atoms with E-state index in [0.29, 0.717) is 11.5 Å². The van der Waals surface area contributed by atoms with E-state index in [9.17, 15) is 14.7 Å². The maximum absolute atomic E-state index is 12.2. The lowest BCUT2D eigenvalue weighted by Gasteiger charge is -2.38. The molecule has 0 saturated heterocycles. The summed E-state index contributed by atoms with van der Waals surface area (Å²) in [5.74, 6) is 2.68. The van der Waals surface area contributed by atoms with Crippen molar-refractivity contribution in [2.75, 3.05) is 19.8 Å². The second-order valence-electron chi connectivity index (χ2n) is 12.8. The zero-order valence-electron chi connectivity index (χ0n) is 26.3. The summed E-state index contributed by atoms with van der Waals surface area (Å²) in [6.07, 6.45) is 15.5. The average Bonchev–Trinajstić information content (AvgIpc) is 3.00. The van der Waals surface area contributed by atoms with Gasteiger partial charge in [0.05, 0.1) is 24.2 Å². The molecular weight excluding hydrogens is 528 g/mol. The molecule has 0 bridgehead atoms. The van der Waals surface area contributed by atoms with Crippen LogP contribution in [0.25, 0.3) is 0 Å². The van der Waals surface area contributed by atoms with Gasteiger partial charge in [-0.25, -0.2) is 9.59 Å². The van der Waals surface area contributed by atoms with E-state index in [2.05, 4.69) is 20.1 Å². The van der Waals surface area contributed by atoms with Crippen molar-refractivity contribution < 1.29 is 28.9 Å². The van der Waals surface area contributed by atoms with Gasteiger partial charge in [-0.1, -0.05) is 70.7 Å². The topological polar surface area (TPSA) is 82.1 Å². The fraction of sp³-hybridized carbons (Fsp3) is 0.667. The number of benzene rings is 1. The Bertz CT molecular complexity index is 996. The molecule has 42 heavy (non-hydrogen) atoms. The normalized spacial score (nSPS) is 23.8. The number of ether oxygens (including phenoxy) is 3. The van der Waals surface area contributed by atoms with Crippen LogP contribution in [0, 0.1) is 23.7 Å². The van der Waals surface area contributed by atoms with Crippen LogP contribution in [0.4, 0.5) is 0 Å². The SMILES string of the molecule is C=C(C)C(=O)OCC(COC(=O)C(=C)C(C)O)c1ccc(OCC2CCC(C3CCC(CCCCC)CC3)CC2)cc1. The maximum atomic E-state index is 12.2. The number of hydrogen-bond acceptors (Lipinski definition) is 6. The van der Waals surface area contributed by atoms with Crippen LogP contribution < -0.4 is 4.74 Å². The van der Waals surface area contributed by atoms with Gasteiger partial charge in [0.2, 0.25) is 0 Å². The molecule has 0 aliphatic heterocycles.